The van der Waals surface area contributed by atoms with Gasteiger partial charge >= 0.3 is 0 Å². The van der Waals surface area contributed by atoms with Crippen LogP contribution in [0.25, 0.3) is 0 Å². The molecule has 1 heterocycles. The van der Waals surface area contributed by atoms with E-state index in [1.54, 1.807) is 0 Å². The quantitative estimate of drug-likeness (QED) is 0.796. The van der Waals surface area contributed by atoms with Gasteiger partial charge in [0.2, 0.25) is 0 Å². The third-order valence-electron chi connectivity index (χ3n) is 3.38. The van der Waals surface area contributed by atoms with Crippen LogP contribution < -0.4 is 5.32 Å². The van der Waals surface area contributed by atoms with E-state index < -0.39 is 0 Å². The van der Waals surface area contributed by atoms with Crippen LogP contribution in [-0.2, 0) is 11.8 Å². The van der Waals surface area contributed by atoms with Crippen LogP contribution in [0, 0.1) is 0 Å². The van der Waals surface area contributed by atoms with E-state index in [0.717, 1.165) is 6.42 Å². The molecule has 0 atom stereocenters. The SMILES string of the molecule is CNC1(Cc2cn[nH]c2C(C)(C)C)CC1. The fraction of sp³-hybridized carbons (Fsp3) is 0.750. The van der Waals surface area contributed by atoms with Gasteiger partial charge in [0.05, 0.1) is 6.20 Å². The van der Waals surface area contributed by atoms with E-state index >= 15 is 0 Å². The molecular weight excluding hydrogens is 186 g/mol. The second-order valence-corrected chi connectivity index (χ2v) is 5.73. The number of H-pyrrole nitrogens is 1. The largest absolute Gasteiger partial charge is 0.314 e. The van der Waals surface area contributed by atoms with E-state index in [9.17, 15) is 0 Å². The van der Waals surface area contributed by atoms with Gasteiger partial charge in [-0.15, -0.1) is 0 Å². The van der Waals surface area contributed by atoms with E-state index in [1.807, 2.05) is 6.20 Å². The Balaban J connectivity index is 2.19. The first-order valence-electron chi connectivity index (χ1n) is 5.68. The summed E-state index contributed by atoms with van der Waals surface area (Å²) in [6, 6.07) is 0. The Hall–Kier alpha value is -0.830. The van der Waals surface area contributed by atoms with Crippen LogP contribution >= 0.6 is 0 Å². The number of hydrogen-bond acceptors (Lipinski definition) is 2. The Morgan fingerprint density at radius 3 is 2.60 bits per heavy atom. The van der Waals surface area contributed by atoms with Crippen molar-refractivity contribution in [3.63, 3.8) is 0 Å². The van der Waals surface area contributed by atoms with E-state index in [1.165, 1.54) is 24.1 Å². The number of hydrogen-bond donors (Lipinski definition) is 2. The van der Waals surface area contributed by atoms with Crippen LogP contribution in [0.1, 0.15) is 44.9 Å². The first kappa shape index (κ1) is 10.7. The Bertz CT molecular complexity index is 342. The van der Waals surface area contributed by atoms with Gasteiger partial charge in [-0.3, -0.25) is 5.10 Å². The lowest BCUT2D eigenvalue weighted by atomic mass is 9.87. The molecule has 1 aliphatic carbocycles. The molecule has 1 fully saturated rings. The molecule has 0 saturated heterocycles. The number of aromatic amines is 1. The Kier molecular flexibility index (Phi) is 2.38. The maximum absolute atomic E-state index is 4.18. The molecule has 3 heteroatoms. The first-order chi connectivity index (χ1) is 6.97. The molecule has 0 spiro atoms. The summed E-state index contributed by atoms with van der Waals surface area (Å²) in [5.41, 5.74) is 3.18. The summed E-state index contributed by atoms with van der Waals surface area (Å²) in [6.07, 6.45) is 5.67. The molecule has 84 valence electrons. The molecule has 2 rings (SSSR count). The van der Waals surface area contributed by atoms with E-state index in [4.69, 9.17) is 0 Å². The van der Waals surface area contributed by atoms with Gasteiger partial charge in [0.1, 0.15) is 0 Å². The van der Waals surface area contributed by atoms with Gasteiger partial charge in [-0.05, 0) is 31.9 Å². The van der Waals surface area contributed by atoms with Crippen molar-refractivity contribution in [2.24, 2.45) is 0 Å². The predicted molar refractivity (Wildman–Crippen MR) is 62.0 cm³/mol. The van der Waals surface area contributed by atoms with Gasteiger partial charge in [-0.2, -0.15) is 5.10 Å². The van der Waals surface area contributed by atoms with E-state index in [0.29, 0.717) is 5.54 Å². The highest BCUT2D eigenvalue weighted by Crippen LogP contribution is 2.39. The highest BCUT2D eigenvalue weighted by atomic mass is 15.1. The minimum atomic E-state index is 0.162. The molecule has 1 aromatic rings. The Morgan fingerprint density at radius 1 is 1.47 bits per heavy atom. The zero-order valence-corrected chi connectivity index (χ0v) is 10.1. The average molecular weight is 207 g/mol. The molecule has 0 radical (unpaired) electrons. The normalized spacial score (nSPS) is 19.2. The minimum Gasteiger partial charge on any atom is -0.314 e. The van der Waals surface area contributed by atoms with Crippen LogP contribution in [0.3, 0.4) is 0 Å². The Morgan fingerprint density at radius 2 is 2.13 bits per heavy atom. The van der Waals surface area contributed by atoms with Crippen molar-refractivity contribution in [2.75, 3.05) is 7.05 Å². The van der Waals surface area contributed by atoms with Crippen molar-refractivity contribution in [1.29, 1.82) is 0 Å². The monoisotopic (exact) mass is 207 g/mol. The van der Waals surface area contributed by atoms with E-state index in [-0.39, 0.29) is 5.41 Å². The van der Waals surface area contributed by atoms with Gasteiger partial charge in [-0.1, -0.05) is 20.8 Å². The second-order valence-electron chi connectivity index (χ2n) is 5.73. The van der Waals surface area contributed by atoms with Crippen LogP contribution in [0.5, 0.6) is 0 Å². The van der Waals surface area contributed by atoms with Gasteiger partial charge in [0, 0.05) is 16.6 Å². The standard InChI is InChI=1S/C12H21N3/c1-11(2,3)10-9(8-14-15-10)7-12(13-4)5-6-12/h8,13H,5-7H2,1-4H3,(H,14,15). The molecule has 2 N–H and O–H groups in total. The molecule has 0 aromatic carbocycles. The molecule has 0 bridgehead atoms. The van der Waals surface area contributed by atoms with Crippen molar-refractivity contribution in [1.82, 2.24) is 15.5 Å². The van der Waals surface area contributed by atoms with Crippen LogP contribution in [0.15, 0.2) is 6.20 Å². The summed E-state index contributed by atoms with van der Waals surface area (Å²) in [5, 5.41) is 10.8. The summed E-state index contributed by atoms with van der Waals surface area (Å²) >= 11 is 0. The van der Waals surface area contributed by atoms with Gasteiger partial charge < -0.3 is 5.32 Å². The zero-order valence-electron chi connectivity index (χ0n) is 10.1. The summed E-state index contributed by atoms with van der Waals surface area (Å²) in [6.45, 7) is 6.68. The van der Waals surface area contributed by atoms with Crippen molar-refractivity contribution in [3.8, 4) is 0 Å². The van der Waals surface area contributed by atoms with Crippen molar-refractivity contribution >= 4 is 0 Å². The lowest BCUT2D eigenvalue weighted by Gasteiger charge is -2.21. The lowest BCUT2D eigenvalue weighted by molar-refractivity contribution is 0.523. The zero-order chi connectivity index (χ0) is 11.1. The highest BCUT2D eigenvalue weighted by Gasteiger charge is 2.42. The van der Waals surface area contributed by atoms with Gasteiger partial charge in [0.25, 0.3) is 0 Å². The molecule has 0 unspecified atom stereocenters. The Labute approximate surface area is 91.7 Å². The first-order valence-corrected chi connectivity index (χ1v) is 5.68. The van der Waals surface area contributed by atoms with Crippen LogP contribution in [0.2, 0.25) is 0 Å². The number of rotatable bonds is 3. The predicted octanol–water partition coefficient (Wildman–Crippen LogP) is 2.00. The molecule has 1 aliphatic rings. The van der Waals surface area contributed by atoms with Crippen molar-refractivity contribution in [3.05, 3.63) is 17.5 Å². The fourth-order valence-corrected chi connectivity index (χ4v) is 2.13. The average Bonchev–Trinajstić information content (AvgIpc) is 2.73. The summed E-state index contributed by atoms with van der Waals surface area (Å²) in [7, 11) is 2.06. The summed E-state index contributed by atoms with van der Waals surface area (Å²) in [4.78, 5) is 0. The maximum Gasteiger partial charge on any atom is 0.0523 e. The molecule has 0 amide bonds. The van der Waals surface area contributed by atoms with Crippen molar-refractivity contribution in [2.45, 2.75) is 51.0 Å². The third-order valence-corrected chi connectivity index (χ3v) is 3.38. The topological polar surface area (TPSA) is 40.7 Å². The van der Waals surface area contributed by atoms with Crippen molar-refractivity contribution < 1.29 is 0 Å². The lowest BCUT2D eigenvalue weighted by Crippen LogP contribution is -2.30. The molecular formula is C12H21N3. The fourth-order valence-electron chi connectivity index (χ4n) is 2.13. The number of likely N-dealkylation sites (N-methyl/N-ethyl adjacent to an activating group) is 1. The molecule has 0 aliphatic heterocycles. The minimum absolute atomic E-state index is 0.162. The highest BCUT2D eigenvalue weighted by molar-refractivity contribution is 5.27. The smallest absolute Gasteiger partial charge is 0.0523 e. The molecule has 1 aromatic heterocycles. The summed E-state index contributed by atoms with van der Waals surface area (Å²) < 4.78 is 0. The number of nitrogens with one attached hydrogen (secondary N) is 2. The second kappa shape index (κ2) is 3.34. The number of nitrogens with zero attached hydrogens (tertiary/aromatic N) is 1. The molecule has 1 saturated carbocycles. The molecule has 15 heavy (non-hydrogen) atoms. The van der Waals surface area contributed by atoms with Gasteiger partial charge in [-0.25, -0.2) is 0 Å². The maximum atomic E-state index is 4.18. The van der Waals surface area contributed by atoms with Gasteiger partial charge in [0.15, 0.2) is 0 Å². The molecule has 3 nitrogen and oxygen atoms in total. The number of aromatic nitrogens is 2. The van der Waals surface area contributed by atoms with E-state index in [2.05, 4.69) is 43.3 Å². The van der Waals surface area contributed by atoms with Crippen LogP contribution in [0.4, 0.5) is 0 Å². The summed E-state index contributed by atoms with van der Waals surface area (Å²) in [5.74, 6) is 0. The third kappa shape index (κ3) is 2.07. The van der Waals surface area contributed by atoms with Crippen LogP contribution in [-0.4, -0.2) is 22.8 Å².